The predicted molar refractivity (Wildman–Crippen MR) is 91.0 cm³/mol. The summed E-state index contributed by atoms with van der Waals surface area (Å²) in [6, 6.07) is 15.0. The van der Waals surface area contributed by atoms with Crippen molar-refractivity contribution in [2.24, 2.45) is 0 Å². The molecule has 0 atom stereocenters. The first-order chi connectivity index (χ1) is 10.7. The number of benzene rings is 2. The van der Waals surface area contributed by atoms with E-state index in [9.17, 15) is 4.79 Å². The molecule has 0 saturated carbocycles. The Balaban J connectivity index is 2.08. The Labute approximate surface area is 131 Å². The Hall–Kier alpha value is -2.49. The number of rotatable bonds is 6. The van der Waals surface area contributed by atoms with Gasteiger partial charge in [0.1, 0.15) is 5.75 Å². The molecule has 4 heteroatoms. The van der Waals surface area contributed by atoms with Crippen molar-refractivity contribution in [3.8, 4) is 5.75 Å². The number of carbonyl (C=O) groups excluding carboxylic acids is 1. The van der Waals surface area contributed by atoms with E-state index in [1.165, 1.54) is 0 Å². The lowest BCUT2D eigenvalue weighted by atomic mass is 10.2. The van der Waals surface area contributed by atoms with Crippen molar-refractivity contribution in [2.45, 2.75) is 13.8 Å². The second-order valence-electron chi connectivity index (χ2n) is 4.91. The number of amides is 1. The van der Waals surface area contributed by atoms with Gasteiger partial charge in [0.25, 0.3) is 5.91 Å². The lowest BCUT2D eigenvalue weighted by Crippen LogP contribution is -2.21. The molecular formula is C18H22N2O2. The van der Waals surface area contributed by atoms with Gasteiger partial charge < -0.3 is 15.0 Å². The van der Waals surface area contributed by atoms with E-state index >= 15 is 0 Å². The molecule has 0 radical (unpaired) electrons. The molecular weight excluding hydrogens is 276 g/mol. The lowest BCUT2D eigenvalue weighted by molar-refractivity contribution is 0.102. The van der Waals surface area contributed by atoms with Crippen LogP contribution in [0.25, 0.3) is 0 Å². The third kappa shape index (κ3) is 3.79. The molecule has 116 valence electrons. The average molecular weight is 298 g/mol. The summed E-state index contributed by atoms with van der Waals surface area (Å²) in [5.74, 6) is 0.527. The second kappa shape index (κ2) is 7.50. The molecule has 0 fully saturated rings. The molecule has 0 bridgehead atoms. The van der Waals surface area contributed by atoms with Gasteiger partial charge in [-0.3, -0.25) is 4.79 Å². The van der Waals surface area contributed by atoms with Gasteiger partial charge in [-0.15, -0.1) is 0 Å². The van der Waals surface area contributed by atoms with Crippen LogP contribution >= 0.6 is 0 Å². The summed E-state index contributed by atoms with van der Waals surface area (Å²) in [7, 11) is 1.59. The number of carbonyl (C=O) groups is 1. The number of anilines is 2. The van der Waals surface area contributed by atoms with Crippen molar-refractivity contribution in [1.29, 1.82) is 0 Å². The van der Waals surface area contributed by atoms with E-state index in [0.29, 0.717) is 11.3 Å². The quantitative estimate of drug-likeness (QED) is 0.882. The maximum atomic E-state index is 12.2. The Morgan fingerprint density at radius 3 is 2.36 bits per heavy atom. The summed E-state index contributed by atoms with van der Waals surface area (Å²) in [4.78, 5) is 14.5. The van der Waals surface area contributed by atoms with Crippen LogP contribution in [0.1, 0.15) is 24.2 Å². The van der Waals surface area contributed by atoms with E-state index in [0.717, 1.165) is 24.5 Å². The highest BCUT2D eigenvalue weighted by Crippen LogP contribution is 2.19. The number of methoxy groups -OCH3 is 1. The third-order valence-electron chi connectivity index (χ3n) is 3.59. The highest BCUT2D eigenvalue weighted by Gasteiger charge is 2.08. The van der Waals surface area contributed by atoms with Gasteiger partial charge in [-0.1, -0.05) is 6.07 Å². The molecule has 2 rings (SSSR count). The topological polar surface area (TPSA) is 41.6 Å². The second-order valence-corrected chi connectivity index (χ2v) is 4.91. The molecule has 2 aromatic rings. The normalized spacial score (nSPS) is 10.1. The fraction of sp³-hybridized carbons (Fsp3) is 0.278. The van der Waals surface area contributed by atoms with E-state index in [4.69, 9.17) is 4.74 Å². The predicted octanol–water partition coefficient (Wildman–Crippen LogP) is 3.79. The lowest BCUT2D eigenvalue weighted by Gasteiger charge is -2.21. The Bertz CT molecular complexity index is 619. The van der Waals surface area contributed by atoms with Crippen molar-refractivity contribution >= 4 is 17.3 Å². The van der Waals surface area contributed by atoms with Gasteiger partial charge in [0.15, 0.2) is 0 Å². The summed E-state index contributed by atoms with van der Waals surface area (Å²) >= 11 is 0. The number of hydrogen-bond donors (Lipinski definition) is 1. The largest absolute Gasteiger partial charge is 0.497 e. The first-order valence-corrected chi connectivity index (χ1v) is 7.48. The highest BCUT2D eigenvalue weighted by molar-refractivity contribution is 6.04. The SMILES string of the molecule is CCN(CC)c1ccc(NC(=O)c2cccc(OC)c2)cc1. The average Bonchev–Trinajstić information content (AvgIpc) is 2.57. The van der Waals surface area contributed by atoms with Crippen molar-refractivity contribution < 1.29 is 9.53 Å². The van der Waals surface area contributed by atoms with E-state index in [2.05, 4.69) is 24.1 Å². The summed E-state index contributed by atoms with van der Waals surface area (Å²) in [6.07, 6.45) is 0. The van der Waals surface area contributed by atoms with Crippen LogP contribution < -0.4 is 15.0 Å². The molecule has 0 spiro atoms. The van der Waals surface area contributed by atoms with Crippen molar-refractivity contribution in [3.05, 3.63) is 54.1 Å². The van der Waals surface area contributed by atoms with E-state index in [-0.39, 0.29) is 5.91 Å². The molecule has 1 amide bonds. The monoisotopic (exact) mass is 298 g/mol. The minimum atomic E-state index is -0.144. The molecule has 2 aromatic carbocycles. The van der Waals surface area contributed by atoms with Crippen LogP contribution in [0.15, 0.2) is 48.5 Å². The molecule has 0 aliphatic rings. The number of nitrogens with zero attached hydrogens (tertiary/aromatic N) is 1. The molecule has 0 unspecified atom stereocenters. The first kappa shape index (κ1) is 15.9. The van der Waals surface area contributed by atoms with Gasteiger partial charge in [0, 0.05) is 30.0 Å². The standard InChI is InChI=1S/C18H22N2O2/c1-4-20(5-2)16-11-9-15(10-12-16)19-18(21)14-7-6-8-17(13-14)22-3/h6-13H,4-5H2,1-3H3,(H,19,21). The Morgan fingerprint density at radius 2 is 1.77 bits per heavy atom. The highest BCUT2D eigenvalue weighted by atomic mass is 16.5. The Kier molecular flexibility index (Phi) is 5.42. The van der Waals surface area contributed by atoms with Crippen molar-refractivity contribution in [1.82, 2.24) is 0 Å². The van der Waals surface area contributed by atoms with Crippen LogP contribution in [-0.4, -0.2) is 26.1 Å². The fourth-order valence-electron chi connectivity index (χ4n) is 2.31. The van der Waals surface area contributed by atoms with Crippen molar-refractivity contribution in [2.75, 3.05) is 30.4 Å². The molecule has 0 aliphatic heterocycles. The van der Waals surface area contributed by atoms with Gasteiger partial charge >= 0.3 is 0 Å². The maximum absolute atomic E-state index is 12.2. The summed E-state index contributed by atoms with van der Waals surface area (Å²) < 4.78 is 5.14. The van der Waals surface area contributed by atoms with Gasteiger partial charge in [-0.25, -0.2) is 0 Å². The minimum absolute atomic E-state index is 0.144. The van der Waals surface area contributed by atoms with E-state index in [1.54, 1.807) is 25.3 Å². The van der Waals surface area contributed by atoms with Gasteiger partial charge in [-0.05, 0) is 56.3 Å². The molecule has 1 N–H and O–H groups in total. The van der Waals surface area contributed by atoms with Crippen LogP contribution in [0, 0.1) is 0 Å². The Morgan fingerprint density at radius 1 is 1.09 bits per heavy atom. The van der Waals surface area contributed by atoms with Crippen LogP contribution in [0.2, 0.25) is 0 Å². The van der Waals surface area contributed by atoms with E-state index in [1.807, 2.05) is 30.3 Å². The van der Waals surface area contributed by atoms with Gasteiger partial charge in [0.05, 0.1) is 7.11 Å². The van der Waals surface area contributed by atoms with Crippen molar-refractivity contribution in [3.63, 3.8) is 0 Å². The summed E-state index contributed by atoms with van der Waals surface area (Å²) in [6.45, 7) is 6.18. The minimum Gasteiger partial charge on any atom is -0.497 e. The smallest absolute Gasteiger partial charge is 0.255 e. The molecule has 0 aromatic heterocycles. The third-order valence-corrected chi connectivity index (χ3v) is 3.59. The summed E-state index contributed by atoms with van der Waals surface area (Å²) in [5.41, 5.74) is 2.51. The van der Waals surface area contributed by atoms with Gasteiger partial charge in [0.2, 0.25) is 0 Å². The van der Waals surface area contributed by atoms with Crippen LogP contribution in [0.4, 0.5) is 11.4 Å². The fourth-order valence-corrected chi connectivity index (χ4v) is 2.31. The number of nitrogens with one attached hydrogen (secondary N) is 1. The zero-order valence-corrected chi connectivity index (χ0v) is 13.3. The molecule has 0 saturated heterocycles. The zero-order valence-electron chi connectivity index (χ0n) is 13.3. The van der Waals surface area contributed by atoms with E-state index < -0.39 is 0 Å². The number of ether oxygens (including phenoxy) is 1. The van der Waals surface area contributed by atoms with Gasteiger partial charge in [-0.2, -0.15) is 0 Å². The first-order valence-electron chi connectivity index (χ1n) is 7.48. The molecule has 4 nitrogen and oxygen atoms in total. The maximum Gasteiger partial charge on any atom is 0.255 e. The number of hydrogen-bond acceptors (Lipinski definition) is 3. The van der Waals surface area contributed by atoms with Crippen LogP contribution in [0.3, 0.4) is 0 Å². The summed E-state index contributed by atoms with van der Waals surface area (Å²) in [5, 5.41) is 2.90. The molecule has 0 aliphatic carbocycles. The zero-order chi connectivity index (χ0) is 15.9. The van der Waals surface area contributed by atoms with Crippen LogP contribution in [-0.2, 0) is 0 Å². The van der Waals surface area contributed by atoms with Crippen LogP contribution in [0.5, 0.6) is 5.75 Å². The molecule has 22 heavy (non-hydrogen) atoms. The molecule has 0 heterocycles.